The highest BCUT2D eigenvalue weighted by Crippen LogP contribution is 2.42. The third-order valence-electron chi connectivity index (χ3n) is 6.55. The zero-order chi connectivity index (χ0) is 22.7. The first-order valence-electron chi connectivity index (χ1n) is 11.0. The lowest BCUT2D eigenvalue weighted by atomic mass is 9.72. The van der Waals surface area contributed by atoms with Crippen molar-refractivity contribution >= 4 is 39.8 Å². The lowest BCUT2D eigenvalue weighted by molar-refractivity contribution is -0.121. The Morgan fingerprint density at radius 2 is 2.00 bits per heavy atom. The Kier molecular flexibility index (Phi) is 6.75. The van der Waals surface area contributed by atoms with Gasteiger partial charge in [0.1, 0.15) is 5.82 Å². The van der Waals surface area contributed by atoms with Crippen molar-refractivity contribution in [3.05, 3.63) is 77.7 Å². The Bertz CT molecular complexity index is 1140. The van der Waals surface area contributed by atoms with E-state index >= 15 is 0 Å². The molecule has 0 saturated heterocycles. The number of pyridine rings is 1. The minimum absolute atomic E-state index is 0.0428. The van der Waals surface area contributed by atoms with Crippen LogP contribution in [0.15, 0.2) is 61.3 Å². The van der Waals surface area contributed by atoms with Gasteiger partial charge in [-0.3, -0.25) is 9.78 Å². The molecule has 4 rings (SSSR count). The summed E-state index contributed by atoms with van der Waals surface area (Å²) in [7, 11) is 0. The SMILES string of the molecule is C=CC[C@@H](C(=O)Nc1ccc(Cl)cc1N)[C@H]1CC[C@@H](c2ccnc3ccc(F)cc32)CC1. The molecule has 2 aromatic carbocycles. The number of amides is 1. The summed E-state index contributed by atoms with van der Waals surface area (Å²) in [6, 6.07) is 11.8. The number of hydrogen-bond donors (Lipinski definition) is 2. The summed E-state index contributed by atoms with van der Waals surface area (Å²) in [6.07, 6.45) is 7.96. The topological polar surface area (TPSA) is 68.0 Å². The number of benzene rings is 2. The van der Waals surface area contributed by atoms with Crippen molar-refractivity contribution in [2.75, 3.05) is 11.1 Å². The molecule has 1 atom stereocenters. The van der Waals surface area contributed by atoms with E-state index in [1.807, 2.05) is 6.07 Å². The molecular formula is C26H27ClFN3O. The minimum Gasteiger partial charge on any atom is -0.397 e. The summed E-state index contributed by atoms with van der Waals surface area (Å²) in [4.78, 5) is 17.5. The van der Waals surface area contributed by atoms with Crippen LogP contribution in [0, 0.1) is 17.7 Å². The maximum atomic E-state index is 13.9. The van der Waals surface area contributed by atoms with Gasteiger partial charge in [-0.15, -0.1) is 6.58 Å². The highest BCUT2D eigenvalue weighted by atomic mass is 35.5. The average Bonchev–Trinajstić information content (AvgIpc) is 2.79. The molecule has 3 N–H and O–H groups in total. The number of anilines is 2. The molecule has 1 aliphatic rings. The predicted octanol–water partition coefficient (Wildman–Crippen LogP) is 6.71. The molecule has 0 spiro atoms. The zero-order valence-electron chi connectivity index (χ0n) is 17.9. The number of nitrogen functional groups attached to an aromatic ring is 1. The molecule has 1 aliphatic carbocycles. The van der Waals surface area contributed by atoms with E-state index in [0.29, 0.717) is 28.7 Å². The van der Waals surface area contributed by atoms with Crippen molar-refractivity contribution in [3.63, 3.8) is 0 Å². The second kappa shape index (κ2) is 9.70. The normalized spacial score (nSPS) is 19.4. The van der Waals surface area contributed by atoms with Gasteiger partial charge in [0.05, 0.1) is 16.9 Å². The van der Waals surface area contributed by atoms with Crippen molar-refractivity contribution in [1.29, 1.82) is 0 Å². The first-order chi connectivity index (χ1) is 15.5. The molecule has 1 heterocycles. The van der Waals surface area contributed by atoms with E-state index in [1.54, 1.807) is 42.6 Å². The number of hydrogen-bond acceptors (Lipinski definition) is 3. The number of halogens is 2. The molecule has 1 aromatic heterocycles. The van der Waals surface area contributed by atoms with E-state index in [2.05, 4.69) is 16.9 Å². The van der Waals surface area contributed by atoms with Crippen LogP contribution in [0.3, 0.4) is 0 Å². The predicted molar refractivity (Wildman–Crippen MR) is 129 cm³/mol. The molecule has 166 valence electrons. The summed E-state index contributed by atoms with van der Waals surface area (Å²) in [5, 5.41) is 4.39. The van der Waals surface area contributed by atoms with Gasteiger partial charge in [-0.1, -0.05) is 17.7 Å². The first-order valence-corrected chi connectivity index (χ1v) is 11.3. The number of nitrogens with one attached hydrogen (secondary N) is 1. The van der Waals surface area contributed by atoms with Crippen LogP contribution in [-0.4, -0.2) is 10.9 Å². The van der Waals surface area contributed by atoms with E-state index in [4.69, 9.17) is 17.3 Å². The van der Waals surface area contributed by atoms with Gasteiger partial charge < -0.3 is 11.1 Å². The second-order valence-electron chi connectivity index (χ2n) is 8.53. The van der Waals surface area contributed by atoms with Crippen molar-refractivity contribution in [1.82, 2.24) is 4.98 Å². The molecule has 32 heavy (non-hydrogen) atoms. The molecule has 6 heteroatoms. The summed E-state index contributed by atoms with van der Waals surface area (Å²) in [5.41, 5.74) is 8.99. The van der Waals surface area contributed by atoms with Crippen molar-refractivity contribution in [2.45, 2.75) is 38.0 Å². The van der Waals surface area contributed by atoms with Crippen LogP contribution < -0.4 is 11.1 Å². The smallest absolute Gasteiger partial charge is 0.228 e. The van der Waals surface area contributed by atoms with Crippen LogP contribution in [0.5, 0.6) is 0 Å². The number of rotatable bonds is 6. The molecule has 4 nitrogen and oxygen atoms in total. The Hall–Kier alpha value is -2.92. The number of nitrogens with two attached hydrogens (primary N) is 1. The fraction of sp³-hybridized carbons (Fsp3) is 0.308. The van der Waals surface area contributed by atoms with Crippen molar-refractivity contribution in [2.24, 2.45) is 11.8 Å². The number of carbonyl (C=O) groups excluding carboxylic acids is 1. The molecule has 1 amide bonds. The maximum Gasteiger partial charge on any atom is 0.228 e. The minimum atomic E-state index is -0.246. The largest absolute Gasteiger partial charge is 0.397 e. The summed E-state index contributed by atoms with van der Waals surface area (Å²) < 4.78 is 13.9. The van der Waals surface area contributed by atoms with Crippen LogP contribution in [-0.2, 0) is 4.79 Å². The molecule has 0 radical (unpaired) electrons. The average molecular weight is 452 g/mol. The van der Waals surface area contributed by atoms with Crippen LogP contribution in [0.1, 0.15) is 43.6 Å². The van der Waals surface area contributed by atoms with Gasteiger partial charge in [0.15, 0.2) is 0 Å². The molecular weight excluding hydrogens is 425 g/mol. The Balaban J connectivity index is 1.47. The third-order valence-corrected chi connectivity index (χ3v) is 6.78. The monoisotopic (exact) mass is 451 g/mol. The van der Waals surface area contributed by atoms with E-state index in [-0.39, 0.29) is 23.6 Å². The van der Waals surface area contributed by atoms with Crippen molar-refractivity contribution in [3.8, 4) is 0 Å². The van der Waals surface area contributed by atoms with Crippen LogP contribution in [0.2, 0.25) is 5.02 Å². The molecule has 1 fully saturated rings. The maximum absolute atomic E-state index is 13.9. The van der Waals surface area contributed by atoms with Gasteiger partial charge >= 0.3 is 0 Å². The summed E-state index contributed by atoms with van der Waals surface area (Å²) in [6.45, 7) is 3.85. The third kappa shape index (κ3) is 4.78. The highest BCUT2D eigenvalue weighted by Gasteiger charge is 2.32. The van der Waals surface area contributed by atoms with Crippen LogP contribution in [0.25, 0.3) is 10.9 Å². The summed E-state index contributed by atoms with van der Waals surface area (Å²) >= 11 is 5.97. The fourth-order valence-corrected chi connectivity index (χ4v) is 5.07. The van der Waals surface area contributed by atoms with Gasteiger partial charge in [0, 0.05) is 22.5 Å². The number of carbonyl (C=O) groups is 1. The second-order valence-corrected chi connectivity index (χ2v) is 8.96. The van der Waals surface area contributed by atoms with Gasteiger partial charge in [-0.25, -0.2) is 4.39 Å². The Morgan fingerprint density at radius 1 is 1.22 bits per heavy atom. The lowest BCUT2D eigenvalue weighted by Gasteiger charge is -2.33. The molecule has 0 aliphatic heterocycles. The van der Waals surface area contributed by atoms with Gasteiger partial charge in [0.2, 0.25) is 5.91 Å². The van der Waals surface area contributed by atoms with E-state index < -0.39 is 0 Å². The van der Waals surface area contributed by atoms with E-state index in [0.717, 1.165) is 42.1 Å². The van der Waals surface area contributed by atoms with E-state index in [1.165, 1.54) is 6.07 Å². The first kappa shape index (κ1) is 22.3. The standard InChI is InChI=1S/C26H27ClFN3O/c1-2-3-21(26(32)31-25-10-8-18(27)14-23(25)29)17-6-4-16(5-7-17)20-12-13-30-24-11-9-19(28)15-22(20)24/h2,8-17,21H,1,3-7,29H2,(H,31,32)/t16-,17+,21-/m1/s1. The molecule has 1 saturated carbocycles. The number of allylic oxidation sites excluding steroid dienone is 1. The zero-order valence-corrected chi connectivity index (χ0v) is 18.6. The quantitative estimate of drug-likeness (QED) is 0.323. The van der Waals surface area contributed by atoms with Crippen LogP contribution >= 0.6 is 11.6 Å². The van der Waals surface area contributed by atoms with Crippen molar-refractivity contribution < 1.29 is 9.18 Å². The number of nitrogens with zero attached hydrogens (tertiary/aromatic N) is 1. The Labute approximate surface area is 192 Å². The molecule has 3 aromatic rings. The van der Waals surface area contributed by atoms with E-state index in [9.17, 15) is 9.18 Å². The molecule has 0 bridgehead atoms. The Morgan fingerprint density at radius 3 is 2.72 bits per heavy atom. The lowest BCUT2D eigenvalue weighted by Crippen LogP contribution is -2.31. The fourth-order valence-electron chi connectivity index (χ4n) is 4.89. The highest BCUT2D eigenvalue weighted by molar-refractivity contribution is 6.31. The number of aromatic nitrogens is 1. The number of fused-ring (bicyclic) bond motifs is 1. The molecule has 0 unspecified atom stereocenters. The van der Waals surface area contributed by atoms with Gasteiger partial charge in [-0.2, -0.15) is 0 Å². The van der Waals surface area contributed by atoms with Crippen LogP contribution in [0.4, 0.5) is 15.8 Å². The van der Waals surface area contributed by atoms with Gasteiger partial charge in [-0.05, 0) is 92.0 Å². The van der Waals surface area contributed by atoms with Gasteiger partial charge in [0.25, 0.3) is 0 Å². The summed E-state index contributed by atoms with van der Waals surface area (Å²) in [5.74, 6) is 0.124.